The molecule has 1 aliphatic carbocycles. The number of fused-ring (bicyclic) bond motifs is 1. The van der Waals surface area contributed by atoms with Crippen LogP contribution in [0.4, 0.5) is 5.00 Å². The summed E-state index contributed by atoms with van der Waals surface area (Å²) in [4.78, 5) is 48.7. The van der Waals surface area contributed by atoms with Gasteiger partial charge in [0.25, 0.3) is 11.8 Å². The van der Waals surface area contributed by atoms with E-state index in [0.29, 0.717) is 16.1 Å². The number of aryl methyl sites for hydroxylation is 2. The van der Waals surface area contributed by atoms with Crippen molar-refractivity contribution in [2.24, 2.45) is 12.8 Å². The van der Waals surface area contributed by atoms with Crippen molar-refractivity contribution in [3.63, 3.8) is 0 Å². The summed E-state index contributed by atoms with van der Waals surface area (Å²) < 4.78 is 6.51. The zero-order chi connectivity index (χ0) is 20.4. The highest BCUT2D eigenvalue weighted by Gasteiger charge is 2.25. The van der Waals surface area contributed by atoms with Gasteiger partial charge in [-0.1, -0.05) is 0 Å². The maximum atomic E-state index is 12.2. The van der Waals surface area contributed by atoms with E-state index in [1.54, 1.807) is 7.05 Å². The van der Waals surface area contributed by atoms with Gasteiger partial charge in [-0.3, -0.25) is 14.4 Å². The number of amides is 2. The molecule has 2 heterocycles. The van der Waals surface area contributed by atoms with Crippen LogP contribution < -0.4 is 11.1 Å². The number of hydrogen-bond donors (Lipinski definition) is 2. The molecule has 0 aromatic carbocycles. The summed E-state index contributed by atoms with van der Waals surface area (Å²) >= 11 is 1.34. The van der Waals surface area contributed by atoms with Crippen molar-refractivity contribution in [1.82, 2.24) is 4.57 Å². The number of nitrogens with zero attached hydrogens (tertiary/aromatic N) is 1. The van der Waals surface area contributed by atoms with Crippen LogP contribution in [0.2, 0.25) is 0 Å². The van der Waals surface area contributed by atoms with Gasteiger partial charge in [0.05, 0.1) is 5.56 Å². The lowest BCUT2D eigenvalue weighted by atomic mass is 9.95. The summed E-state index contributed by atoms with van der Waals surface area (Å²) in [5.74, 6) is -2.03. The number of ketones is 1. The topological polar surface area (TPSA) is 120 Å². The Bertz CT molecular complexity index is 973. The van der Waals surface area contributed by atoms with Gasteiger partial charge in [0, 0.05) is 23.7 Å². The molecule has 2 aromatic heterocycles. The number of thiophene rings is 1. The van der Waals surface area contributed by atoms with Crippen molar-refractivity contribution in [3.05, 3.63) is 39.5 Å². The van der Waals surface area contributed by atoms with Crippen LogP contribution in [0.25, 0.3) is 0 Å². The predicted octanol–water partition coefficient (Wildman–Crippen LogP) is 2.06. The Morgan fingerprint density at radius 3 is 2.61 bits per heavy atom. The lowest BCUT2D eigenvalue weighted by Gasteiger charge is -2.11. The first kappa shape index (κ1) is 19.8. The highest BCUT2D eigenvalue weighted by molar-refractivity contribution is 7.17. The summed E-state index contributed by atoms with van der Waals surface area (Å²) in [7, 11) is 1.61. The summed E-state index contributed by atoms with van der Waals surface area (Å²) in [5, 5.41) is 3.04. The average Bonchev–Trinajstić information content (AvgIpc) is 3.20. The van der Waals surface area contributed by atoms with Crippen LogP contribution in [-0.4, -0.2) is 34.7 Å². The van der Waals surface area contributed by atoms with Gasteiger partial charge in [0.15, 0.2) is 12.4 Å². The van der Waals surface area contributed by atoms with Crippen LogP contribution in [0.1, 0.15) is 61.4 Å². The second-order valence-corrected chi connectivity index (χ2v) is 7.79. The number of nitrogens with one attached hydrogen (secondary N) is 1. The van der Waals surface area contributed by atoms with E-state index in [9.17, 15) is 19.2 Å². The third-order valence-electron chi connectivity index (χ3n) is 4.63. The fourth-order valence-electron chi connectivity index (χ4n) is 3.24. The fourth-order valence-corrected chi connectivity index (χ4v) is 4.55. The lowest BCUT2D eigenvalue weighted by Crippen LogP contribution is -2.23. The van der Waals surface area contributed by atoms with Crippen LogP contribution in [0.3, 0.4) is 0 Å². The number of aromatic nitrogens is 1. The molecule has 8 nitrogen and oxygen atoms in total. The Morgan fingerprint density at radius 1 is 1.25 bits per heavy atom. The Morgan fingerprint density at radius 2 is 1.96 bits per heavy atom. The van der Waals surface area contributed by atoms with Gasteiger partial charge in [-0.25, -0.2) is 4.79 Å². The predicted molar refractivity (Wildman–Crippen MR) is 104 cm³/mol. The zero-order valence-corrected chi connectivity index (χ0v) is 16.5. The summed E-state index contributed by atoms with van der Waals surface area (Å²) in [6, 6.07) is 1.42. The SMILES string of the molecule is CC(=O)c1cc(C(=O)OCC(=O)Nc2sc3c(c2C(N)=O)CCCC3)n(C)c1. The van der Waals surface area contributed by atoms with Gasteiger partial charge >= 0.3 is 5.97 Å². The number of primary amides is 1. The van der Waals surface area contributed by atoms with E-state index >= 15 is 0 Å². The maximum Gasteiger partial charge on any atom is 0.355 e. The number of carbonyl (C=O) groups excluding carboxylic acids is 4. The monoisotopic (exact) mass is 403 g/mol. The first-order chi connectivity index (χ1) is 13.3. The largest absolute Gasteiger partial charge is 0.451 e. The number of rotatable bonds is 6. The van der Waals surface area contributed by atoms with E-state index in [4.69, 9.17) is 10.5 Å². The van der Waals surface area contributed by atoms with Crippen LogP contribution in [0.5, 0.6) is 0 Å². The van der Waals surface area contributed by atoms with Crippen molar-refractivity contribution in [3.8, 4) is 0 Å². The minimum absolute atomic E-state index is 0.169. The number of hydrogen-bond acceptors (Lipinski definition) is 6. The Kier molecular flexibility index (Phi) is 5.64. The van der Waals surface area contributed by atoms with Gasteiger partial charge < -0.3 is 20.4 Å². The van der Waals surface area contributed by atoms with Crippen molar-refractivity contribution in [1.29, 1.82) is 0 Å². The molecule has 2 aromatic rings. The van der Waals surface area contributed by atoms with Crippen LogP contribution in [0.15, 0.2) is 12.3 Å². The van der Waals surface area contributed by atoms with E-state index in [-0.39, 0.29) is 11.5 Å². The molecule has 0 radical (unpaired) electrons. The van der Waals surface area contributed by atoms with E-state index in [2.05, 4.69) is 5.32 Å². The molecule has 0 spiro atoms. The number of anilines is 1. The standard InChI is InChI=1S/C19H21N3O5S/c1-10(23)11-7-13(22(2)8-11)19(26)27-9-15(24)21-18-16(17(20)25)12-5-3-4-6-14(12)28-18/h7-8H,3-6,9H2,1-2H3,(H2,20,25)(H,21,24). The molecule has 0 aliphatic heterocycles. The number of esters is 1. The maximum absolute atomic E-state index is 12.2. The van der Waals surface area contributed by atoms with Crippen LogP contribution >= 0.6 is 11.3 Å². The molecule has 28 heavy (non-hydrogen) atoms. The molecule has 0 unspecified atom stereocenters. The molecular weight excluding hydrogens is 382 g/mol. The second-order valence-electron chi connectivity index (χ2n) is 6.68. The molecule has 0 saturated carbocycles. The lowest BCUT2D eigenvalue weighted by molar-refractivity contribution is -0.119. The van der Waals surface area contributed by atoms with Crippen molar-refractivity contribution in [2.45, 2.75) is 32.6 Å². The highest BCUT2D eigenvalue weighted by Crippen LogP contribution is 2.37. The van der Waals surface area contributed by atoms with E-state index < -0.39 is 24.4 Å². The normalized spacial score (nSPS) is 12.9. The number of Topliss-reactive ketones (excluding diaryl/α,β-unsaturated/α-hetero) is 1. The Hall–Kier alpha value is -2.94. The summed E-state index contributed by atoms with van der Waals surface area (Å²) in [5.41, 5.74) is 7.32. The summed E-state index contributed by atoms with van der Waals surface area (Å²) in [6.45, 7) is 0.884. The van der Waals surface area contributed by atoms with Crippen molar-refractivity contribution >= 4 is 39.9 Å². The van der Waals surface area contributed by atoms with Gasteiger partial charge in [-0.15, -0.1) is 11.3 Å². The zero-order valence-electron chi connectivity index (χ0n) is 15.7. The molecule has 3 N–H and O–H groups in total. The minimum atomic E-state index is -0.717. The molecule has 3 rings (SSSR count). The Labute approximate surface area is 165 Å². The molecule has 148 valence electrons. The highest BCUT2D eigenvalue weighted by atomic mass is 32.1. The summed E-state index contributed by atoms with van der Waals surface area (Å²) in [6.07, 6.45) is 5.16. The van der Waals surface area contributed by atoms with E-state index in [1.165, 1.54) is 35.1 Å². The molecular formula is C19H21N3O5S. The van der Waals surface area contributed by atoms with Crippen LogP contribution in [0, 0.1) is 0 Å². The third kappa shape index (κ3) is 3.99. The van der Waals surface area contributed by atoms with Crippen LogP contribution in [-0.2, 0) is 29.4 Å². The molecule has 2 amide bonds. The molecule has 0 bridgehead atoms. The van der Waals surface area contributed by atoms with Gasteiger partial charge in [0.2, 0.25) is 0 Å². The number of ether oxygens (including phenoxy) is 1. The molecule has 0 atom stereocenters. The first-order valence-electron chi connectivity index (χ1n) is 8.86. The van der Waals surface area contributed by atoms with Gasteiger partial charge in [0.1, 0.15) is 10.7 Å². The number of carbonyl (C=O) groups is 4. The average molecular weight is 403 g/mol. The molecule has 0 fully saturated rings. The second kappa shape index (κ2) is 7.97. The van der Waals surface area contributed by atoms with E-state index in [0.717, 1.165) is 36.1 Å². The molecule has 9 heteroatoms. The van der Waals surface area contributed by atoms with Crippen molar-refractivity contribution < 1.29 is 23.9 Å². The molecule has 1 aliphatic rings. The minimum Gasteiger partial charge on any atom is -0.451 e. The fraction of sp³-hybridized carbons (Fsp3) is 0.368. The van der Waals surface area contributed by atoms with E-state index in [1.807, 2.05) is 0 Å². The Balaban J connectivity index is 1.66. The smallest absolute Gasteiger partial charge is 0.355 e. The van der Waals surface area contributed by atoms with Gasteiger partial charge in [-0.05, 0) is 44.2 Å². The van der Waals surface area contributed by atoms with Gasteiger partial charge in [-0.2, -0.15) is 0 Å². The molecule has 0 saturated heterocycles. The quantitative estimate of drug-likeness (QED) is 0.565. The number of nitrogens with two attached hydrogens (primary N) is 1. The third-order valence-corrected chi connectivity index (χ3v) is 5.83. The van der Waals surface area contributed by atoms with Crippen molar-refractivity contribution in [2.75, 3.05) is 11.9 Å². The first-order valence-corrected chi connectivity index (χ1v) is 9.68.